The summed E-state index contributed by atoms with van der Waals surface area (Å²) in [5, 5.41) is 10.2. The van der Waals surface area contributed by atoms with E-state index < -0.39 is 0 Å². The highest BCUT2D eigenvalue weighted by Crippen LogP contribution is 2.51. The molecule has 1 N–H and O–H groups in total. The van der Waals surface area contributed by atoms with E-state index in [2.05, 4.69) is 6.92 Å². The molecular weight excluding hydrogens is 184 g/mol. The van der Waals surface area contributed by atoms with E-state index in [4.69, 9.17) is 0 Å². The fourth-order valence-corrected chi connectivity index (χ4v) is 4.13. The molecule has 0 aromatic carbocycles. The molecule has 5 unspecified atom stereocenters. The van der Waals surface area contributed by atoms with Crippen molar-refractivity contribution < 1.29 is 5.11 Å². The van der Waals surface area contributed by atoms with Gasteiger partial charge in [0, 0.05) is 0 Å². The van der Waals surface area contributed by atoms with Crippen molar-refractivity contribution in [1.29, 1.82) is 0 Å². The Labute approximate surface area is 93.3 Å². The number of rotatable bonds is 4. The van der Waals surface area contributed by atoms with Crippen molar-refractivity contribution in [1.82, 2.24) is 0 Å². The molecule has 3 aliphatic carbocycles. The zero-order valence-electron chi connectivity index (χ0n) is 9.86. The zero-order chi connectivity index (χ0) is 10.4. The van der Waals surface area contributed by atoms with Crippen LogP contribution in [0.25, 0.3) is 0 Å². The highest BCUT2D eigenvalue weighted by molar-refractivity contribution is 4.92. The maximum atomic E-state index is 10.2. The summed E-state index contributed by atoms with van der Waals surface area (Å²) < 4.78 is 0. The average molecular weight is 208 g/mol. The first-order chi connectivity index (χ1) is 7.24. The Morgan fingerprint density at radius 2 is 1.93 bits per heavy atom. The summed E-state index contributed by atoms with van der Waals surface area (Å²) in [4.78, 5) is 0. The van der Waals surface area contributed by atoms with Gasteiger partial charge in [0.05, 0.1) is 6.10 Å². The van der Waals surface area contributed by atoms with Crippen LogP contribution in [0.4, 0.5) is 0 Å². The van der Waals surface area contributed by atoms with Crippen molar-refractivity contribution in [3.63, 3.8) is 0 Å². The van der Waals surface area contributed by atoms with Gasteiger partial charge in [-0.05, 0) is 68.1 Å². The van der Waals surface area contributed by atoms with Gasteiger partial charge >= 0.3 is 0 Å². The Balaban J connectivity index is 1.52. The molecule has 0 radical (unpaired) electrons. The van der Waals surface area contributed by atoms with Gasteiger partial charge in [0.15, 0.2) is 0 Å². The Hall–Kier alpha value is -0.0400. The second-order valence-corrected chi connectivity index (χ2v) is 6.43. The third-order valence-electron chi connectivity index (χ3n) is 5.40. The van der Waals surface area contributed by atoms with Crippen molar-refractivity contribution in [2.24, 2.45) is 29.6 Å². The van der Waals surface area contributed by atoms with Gasteiger partial charge in [0.25, 0.3) is 0 Å². The molecule has 3 saturated carbocycles. The van der Waals surface area contributed by atoms with Crippen LogP contribution in [0.3, 0.4) is 0 Å². The Bertz CT molecular complexity index is 233. The smallest absolute Gasteiger partial charge is 0.0571 e. The second-order valence-electron chi connectivity index (χ2n) is 6.43. The largest absolute Gasteiger partial charge is 0.393 e. The van der Waals surface area contributed by atoms with Crippen LogP contribution < -0.4 is 0 Å². The highest BCUT2D eigenvalue weighted by Gasteiger charge is 2.41. The van der Waals surface area contributed by atoms with Gasteiger partial charge in [-0.25, -0.2) is 0 Å². The van der Waals surface area contributed by atoms with Crippen molar-refractivity contribution in [3.05, 3.63) is 0 Å². The summed E-state index contributed by atoms with van der Waals surface area (Å²) in [6.45, 7) is 2.26. The first-order valence-corrected chi connectivity index (χ1v) is 6.92. The van der Waals surface area contributed by atoms with Crippen LogP contribution in [-0.2, 0) is 0 Å². The summed E-state index contributed by atoms with van der Waals surface area (Å²) in [5.41, 5.74) is 0. The lowest BCUT2D eigenvalue weighted by Gasteiger charge is -2.27. The van der Waals surface area contributed by atoms with Gasteiger partial charge in [0.2, 0.25) is 0 Å². The van der Waals surface area contributed by atoms with Crippen LogP contribution in [0.15, 0.2) is 0 Å². The third kappa shape index (κ3) is 1.95. The van der Waals surface area contributed by atoms with E-state index in [0.29, 0.717) is 5.92 Å². The van der Waals surface area contributed by atoms with Gasteiger partial charge in [-0.1, -0.05) is 13.3 Å². The molecule has 3 rings (SSSR count). The van der Waals surface area contributed by atoms with Crippen molar-refractivity contribution in [3.8, 4) is 0 Å². The molecule has 0 amide bonds. The fourth-order valence-electron chi connectivity index (χ4n) is 4.13. The molecule has 0 aliphatic heterocycles. The molecule has 1 nitrogen and oxygen atoms in total. The van der Waals surface area contributed by atoms with Gasteiger partial charge in [-0.2, -0.15) is 0 Å². The quantitative estimate of drug-likeness (QED) is 0.752. The summed E-state index contributed by atoms with van der Waals surface area (Å²) in [7, 11) is 0. The number of fused-ring (bicyclic) bond motifs is 2. The van der Waals surface area contributed by atoms with Crippen LogP contribution in [0.1, 0.15) is 51.9 Å². The predicted octanol–water partition coefficient (Wildman–Crippen LogP) is 3.22. The molecule has 0 spiro atoms. The van der Waals surface area contributed by atoms with Gasteiger partial charge in [0.1, 0.15) is 0 Å². The van der Waals surface area contributed by atoms with Gasteiger partial charge in [-0.15, -0.1) is 0 Å². The number of hydrogen-bond acceptors (Lipinski definition) is 1. The first kappa shape index (κ1) is 10.1. The Morgan fingerprint density at radius 3 is 2.47 bits per heavy atom. The summed E-state index contributed by atoms with van der Waals surface area (Å²) in [5.74, 6) is 4.32. The molecule has 0 aromatic rings. The molecule has 1 heteroatoms. The molecule has 86 valence electrons. The number of aliphatic hydroxyl groups excluding tert-OH is 1. The zero-order valence-corrected chi connectivity index (χ0v) is 9.86. The Morgan fingerprint density at radius 1 is 1.13 bits per heavy atom. The van der Waals surface area contributed by atoms with E-state index in [1.807, 2.05) is 0 Å². The summed E-state index contributed by atoms with van der Waals surface area (Å²) >= 11 is 0. The van der Waals surface area contributed by atoms with E-state index in [0.717, 1.165) is 30.1 Å². The van der Waals surface area contributed by atoms with Crippen LogP contribution in [0.5, 0.6) is 0 Å². The Kier molecular flexibility index (Phi) is 2.54. The molecule has 3 fully saturated rings. The maximum absolute atomic E-state index is 10.2. The summed E-state index contributed by atoms with van der Waals surface area (Å²) in [6.07, 6.45) is 9.70. The molecule has 3 aliphatic rings. The highest BCUT2D eigenvalue weighted by atomic mass is 16.3. The van der Waals surface area contributed by atoms with Gasteiger partial charge in [-0.3, -0.25) is 0 Å². The monoisotopic (exact) mass is 208 g/mol. The molecule has 2 bridgehead atoms. The fraction of sp³-hybridized carbons (Fsp3) is 1.00. The van der Waals surface area contributed by atoms with Crippen molar-refractivity contribution in [2.45, 2.75) is 58.0 Å². The lowest BCUT2D eigenvalue weighted by atomic mass is 9.82. The topological polar surface area (TPSA) is 20.2 Å². The first-order valence-electron chi connectivity index (χ1n) is 6.92. The van der Waals surface area contributed by atoms with E-state index >= 15 is 0 Å². The molecule has 15 heavy (non-hydrogen) atoms. The van der Waals surface area contributed by atoms with E-state index in [1.165, 1.54) is 38.5 Å². The minimum atomic E-state index is 0.00171. The van der Waals surface area contributed by atoms with Crippen molar-refractivity contribution in [2.75, 3.05) is 0 Å². The molecule has 0 saturated heterocycles. The SMILES string of the molecule is CC(C(O)CC1CC2CCC1C2)C1CC1. The van der Waals surface area contributed by atoms with E-state index in [-0.39, 0.29) is 6.10 Å². The lowest BCUT2D eigenvalue weighted by molar-refractivity contribution is 0.0685. The third-order valence-corrected chi connectivity index (χ3v) is 5.40. The molecular formula is C14H24O. The lowest BCUT2D eigenvalue weighted by Crippen LogP contribution is -2.25. The minimum Gasteiger partial charge on any atom is -0.393 e. The predicted molar refractivity (Wildman–Crippen MR) is 61.4 cm³/mol. The average Bonchev–Trinajstić information content (AvgIpc) is 2.88. The molecule has 0 aromatic heterocycles. The number of hydrogen-bond donors (Lipinski definition) is 1. The van der Waals surface area contributed by atoms with Crippen molar-refractivity contribution >= 4 is 0 Å². The molecule has 0 heterocycles. The van der Waals surface area contributed by atoms with Gasteiger partial charge < -0.3 is 5.11 Å². The van der Waals surface area contributed by atoms with Crippen LogP contribution in [0, 0.1) is 29.6 Å². The molecule has 5 atom stereocenters. The van der Waals surface area contributed by atoms with E-state index in [1.54, 1.807) is 0 Å². The van der Waals surface area contributed by atoms with Crippen LogP contribution >= 0.6 is 0 Å². The van der Waals surface area contributed by atoms with Crippen LogP contribution in [-0.4, -0.2) is 11.2 Å². The minimum absolute atomic E-state index is 0.00171. The normalized spacial score (nSPS) is 43.2. The summed E-state index contributed by atoms with van der Waals surface area (Å²) in [6, 6.07) is 0. The van der Waals surface area contributed by atoms with E-state index in [9.17, 15) is 5.11 Å². The van der Waals surface area contributed by atoms with Crippen LogP contribution in [0.2, 0.25) is 0 Å². The number of aliphatic hydroxyl groups is 1. The standard InChI is InChI=1S/C14H24O/c1-9(11-4-5-11)14(15)8-13-7-10-2-3-12(13)6-10/h9-15H,2-8H2,1H3. The maximum Gasteiger partial charge on any atom is 0.0571 e. The second kappa shape index (κ2) is 3.76.